The Bertz CT molecular complexity index is 518. The number of benzene rings is 2. The lowest BCUT2D eigenvalue weighted by Crippen LogP contribution is -1.91. The van der Waals surface area contributed by atoms with E-state index in [-0.39, 0.29) is 16.1 Å². The van der Waals surface area contributed by atoms with Crippen LogP contribution in [0.3, 0.4) is 0 Å². The van der Waals surface area contributed by atoms with Crippen molar-refractivity contribution in [3.8, 4) is 11.1 Å². The predicted octanol–water partition coefficient (Wildman–Crippen LogP) is 4.42. The lowest BCUT2D eigenvalue weighted by atomic mass is 10.0. The van der Waals surface area contributed by atoms with Crippen LogP contribution in [-0.4, -0.2) is 0 Å². The highest BCUT2D eigenvalue weighted by atomic mass is 35.5. The molecule has 0 fully saturated rings. The molecule has 2 aromatic rings. The van der Waals surface area contributed by atoms with Gasteiger partial charge in [-0.3, -0.25) is 0 Å². The summed E-state index contributed by atoms with van der Waals surface area (Å²) in [5, 5.41) is -0.286. The highest BCUT2D eigenvalue weighted by molar-refractivity contribution is 6.33. The Kier molecular flexibility index (Phi) is 2.88. The van der Waals surface area contributed by atoms with Gasteiger partial charge in [0.05, 0.1) is 10.6 Å². The molecular weight excluding hydrogens is 237 g/mol. The van der Waals surface area contributed by atoms with E-state index >= 15 is 0 Å². The molecule has 0 spiro atoms. The number of hydrogen-bond donors (Lipinski definition) is 0. The zero-order valence-electron chi connectivity index (χ0n) is 7.98. The molecule has 0 aliphatic rings. The van der Waals surface area contributed by atoms with Crippen molar-refractivity contribution in [2.45, 2.75) is 0 Å². The van der Waals surface area contributed by atoms with Crippen molar-refractivity contribution in [2.24, 2.45) is 0 Å². The van der Waals surface area contributed by atoms with E-state index in [0.717, 1.165) is 18.2 Å². The molecule has 0 nitrogen and oxygen atoms in total. The topological polar surface area (TPSA) is 0 Å². The second-order valence-corrected chi connectivity index (χ2v) is 3.58. The van der Waals surface area contributed by atoms with Crippen molar-refractivity contribution in [3.63, 3.8) is 0 Å². The fourth-order valence-electron chi connectivity index (χ4n) is 1.45. The van der Waals surface area contributed by atoms with Crippen LogP contribution < -0.4 is 0 Å². The maximum absolute atomic E-state index is 13.4. The maximum Gasteiger partial charge on any atom is 0.142 e. The fourth-order valence-corrected chi connectivity index (χ4v) is 1.67. The van der Waals surface area contributed by atoms with Crippen LogP contribution in [0, 0.1) is 17.5 Å². The predicted molar refractivity (Wildman–Crippen MR) is 56.8 cm³/mol. The van der Waals surface area contributed by atoms with Gasteiger partial charge in [0.1, 0.15) is 17.5 Å². The summed E-state index contributed by atoms with van der Waals surface area (Å²) in [6.07, 6.45) is 0. The second-order valence-electron chi connectivity index (χ2n) is 3.20. The minimum absolute atomic E-state index is 0.0114. The van der Waals surface area contributed by atoms with Crippen LogP contribution in [0.1, 0.15) is 0 Å². The minimum Gasteiger partial charge on any atom is -0.206 e. The maximum atomic E-state index is 13.4. The van der Waals surface area contributed by atoms with Gasteiger partial charge in [0, 0.05) is 5.56 Å². The average Bonchev–Trinajstić information content (AvgIpc) is 2.24. The lowest BCUT2D eigenvalue weighted by molar-refractivity contribution is 0.588. The van der Waals surface area contributed by atoms with E-state index in [1.807, 2.05) is 0 Å². The molecule has 0 heterocycles. The third-order valence-electron chi connectivity index (χ3n) is 2.18. The molecule has 2 rings (SSSR count). The van der Waals surface area contributed by atoms with Crippen molar-refractivity contribution in [3.05, 3.63) is 58.9 Å². The standard InChI is InChI=1S/C12H6ClF3/c13-12-7(3-1-6-10(12)16)11-8(14)4-2-5-9(11)15/h1-6H. The van der Waals surface area contributed by atoms with Gasteiger partial charge in [-0.25, -0.2) is 13.2 Å². The Labute approximate surface area is 95.3 Å². The smallest absolute Gasteiger partial charge is 0.142 e. The molecule has 0 radical (unpaired) electrons. The highest BCUT2D eigenvalue weighted by Gasteiger charge is 2.15. The molecule has 0 aliphatic carbocycles. The van der Waals surface area contributed by atoms with E-state index in [2.05, 4.69) is 0 Å². The summed E-state index contributed by atoms with van der Waals surface area (Å²) in [6.45, 7) is 0. The SMILES string of the molecule is Fc1cccc(-c2c(F)cccc2F)c1Cl. The largest absolute Gasteiger partial charge is 0.206 e. The average molecular weight is 243 g/mol. The molecule has 0 amide bonds. The van der Waals surface area contributed by atoms with Crippen LogP contribution >= 0.6 is 11.6 Å². The van der Waals surface area contributed by atoms with Gasteiger partial charge >= 0.3 is 0 Å². The van der Waals surface area contributed by atoms with E-state index < -0.39 is 17.5 Å². The summed E-state index contributed by atoms with van der Waals surface area (Å²) >= 11 is 5.66. The van der Waals surface area contributed by atoms with E-state index in [1.54, 1.807) is 0 Å². The Hall–Kier alpha value is -1.48. The molecule has 2 aromatic carbocycles. The summed E-state index contributed by atoms with van der Waals surface area (Å²) in [6, 6.07) is 7.28. The van der Waals surface area contributed by atoms with Crippen molar-refractivity contribution in [1.82, 2.24) is 0 Å². The number of rotatable bonds is 1. The Balaban J connectivity index is 2.73. The first-order valence-corrected chi connectivity index (χ1v) is 4.87. The zero-order valence-corrected chi connectivity index (χ0v) is 8.73. The van der Waals surface area contributed by atoms with E-state index in [4.69, 9.17) is 11.6 Å². The summed E-state index contributed by atoms with van der Waals surface area (Å²) in [4.78, 5) is 0. The molecular formula is C12H6ClF3. The monoisotopic (exact) mass is 242 g/mol. The molecule has 0 N–H and O–H groups in total. The van der Waals surface area contributed by atoms with Gasteiger partial charge in [-0.2, -0.15) is 0 Å². The van der Waals surface area contributed by atoms with Crippen LogP contribution in [0.15, 0.2) is 36.4 Å². The van der Waals surface area contributed by atoms with Crippen molar-refractivity contribution in [2.75, 3.05) is 0 Å². The van der Waals surface area contributed by atoms with Gasteiger partial charge in [-0.05, 0) is 18.2 Å². The summed E-state index contributed by atoms with van der Waals surface area (Å²) in [7, 11) is 0. The molecule has 0 unspecified atom stereocenters. The van der Waals surface area contributed by atoms with E-state index in [9.17, 15) is 13.2 Å². The van der Waals surface area contributed by atoms with E-state index in [0.29, 0.717) is 0 Å². The first kappa shape index (κ1) is 11.0. The van der Waals surface area contributed by atoms with Gasteiger partial charge in [-0.1, -0.05) is 29.8 Å². The number of hydrogen-bond acceptors (Lipinski definition) is 0. The summed E-state index contributed by atoms with van der Waals surface area (Å²) in [5.74, 6) is -2.25. The van der Waals surface area contributed by atoms with Crippen molar-refractivity contribution >= 4 is 11.6 Å². The third kappa shape index (κ3) is 1.78. The van der Waals surface area contributed by atoms with Crippen LogP contribution in [0.5, 0.6) is 0 Å². The number of halogens is 4. The minimum atomic E-state index is -0.771. The molecule has 0 saturated heterocycles. The molecule has 16 heavy (non-hydrogen) atoms. The van der Waals surface area contributed by atoms with Gasteiger partial charge in [0.2, 0.25) is 0 Å². The molecule has 4 heteroatoms. The third-order valence-corrected chi connectivity index (χ3v) is 2.57. The van der Waals surface area contributed by atoms with Crippen molar-refractivity contribution in [1.29, 1.82) is 0 Å². The van der Waals surface area contributed by atoms with Gasteiger partial charge in [0.15, 0.2) is 0 Å². The Morgan fingerprint density at radius 1 is 0.750 bits per heavy atom. The quantitative estimate of drug-likeness (QED) is 0.694. The summed E-state index contributed by atoms with van der Waals surface area (Å²) in [5.41, 5.74) is -0.302. The fraction of sp³-hybridized carbons (Fsp3) is 0. The first-order valence-electron chi connectivity index (χ1n) is 4.49. The Morgan fingerprint density at radius 2 is 1.25 bits per heavy atom. The van der Waals surface area contributed by atoms with Gasteiger partial charge in [0.25, 0.3) is 0 Å². The molecule has 0 saturated carbocycles. The van der Waals surface area contributed by atoms with Crippen LogP contribution in [0.4, 0.5) is 13.2 Å². The van der Waals surface area contributed by atoms with Gasteiger partial charge in [-0.15, -0.1) is 0 Å². The molecule has 0 aliphatic heterocycles. The second kappa shape index (κ2) is 4.18. The van der Waals surface area contributed by atoms with Gasteiger partial charge < -0.3 is 0 Å². The van der Waals surface area contributed by atoms with Crippen molar-refractivity contribution < 1.29 is 13.2 Å². The molecule has 82 valence electrons. The highest BCUT2D eigenvalue weighted by Crippen LogP contribution is 2.33. The lowest BCUT2D eigenvalue weighted by Gasteiger charge is -2.07. The zero-order chi connectivity index (χ0) is 11.7. The first-order chi connectivity index (χ1) is 7.61. The van der Waals surface area contributed by atoms with Crippen LogP contribution in [0.25, 0.3) is 11.1 Å². The molecule has 0 bridgehead atoms. The van der Waals surface area contributed by atoms with Crippen LogP contribution in [-0.2, 0) is 0 Å². The van der Waals surface area contributed by atoms with E-state index in [1.165, 1.54) is 18.2 Å². The van der Waals surface area contributed by atoms with Crippen LogP contribution in [0.2, 0.25) is 5.02 Å². The molecule has 0 atom stereocenters. The molecule has 0 aromatic heterocycles. The Morgan fingerprint density at radius 3 is 1.88 bits per heavy atom. The normalized spacial score (nSPS) is 10.5. The summed E-state index contributed by atoms with van der Waals surface area (Å²) < 4.78 is 40.0.